The van der Waals surface area contributed by atoms with Crippen LogP contribution in [0.5, 0.6) is 5.75 Å². The Kier molecular flexibility index (Phi) is 4.44. The van der Waals surface area contributed by atoms with Gasteiger partial charge in [0, 0.05) is 31.0 Å². The number of hydrogen-bond donors (Lipinski definition) is 0. The van der Waals surface area contributed by atoms with Crippen LogP contribution in [0.1, 0.15) is 16.2 Å². The first-order chi connectivity index (χ1) is 9.52. The second-order valence-electron chi connectivity index (χ2n) is 4.46. The second kappa shape index (κ2) is 6.09. The van der Waals surface area contributed by atoms with Gasteiger partial charge in [0.25, 0.3) is 5.91 Å². The average Bonchev–Trinajstić information content (AvgIpc) is 2.84. The van der Waals surface area contributed by atoms with Crippen LogP contribution in [0, 0.1) is 0 Å². The van der Waals surface area contributed by atoms with Gasteiger partial charge in [-0.05, 0) is 34.1 Å². The average molecular weight is 338 g/mol. The molecule has 5 nitrogen and oxygen atoms in total. The van der Waals surface area contributed by atoms with Gasteiger partial charge in [-0.3, -0.25) is 4.79 Å². The molecule has 0 fully saturated rings. The topological polar surface area (TPSA) is 47.4 Å². The maximum absolute atomic E-state index is 12.5. The highest BCUT2D eigenvalue weighted by Crippen LogP contribution is 2.23. The predicted molar refractivity (Wildman–Crippen MR) is 79.7 cm³/mol. The van der Waals surface area contributed by atoms with Crippen LogP contribution in [0.15, 0.2) is 35.1 Å². The molecule has 0 aliphatic carbocycles. The number of halogens is 1. The summed E-state index contributed by atoms with van der Waals surface area (Å²) in [7, 11) is 5.24. The van der Waals surface area contributed by atoms with Gasteiger partial charge in [-0.15, -0.1) is 0 Å². The molecule has 2 aromatic rings. The molecular formula is C14H16BrN3O2. The van der Waals surface area contributed by atoms with Crippen LogP contribution in [0.25, 0.3) is 0 Å². The van der Waals surface area contributed by atoms with Crippen molar-refractivity contribution in [2.24, 2.45) is 7.05 Å². The highest BCUT2D eigenvalue weighted by molar-refractivity contribution is 9.10. The number of rotatable bonds is 4. The van der Waals surface area contributed by atoms with E-state index >= 15 is 0 Å². The maximum atomic E-state index is 12.5. The van der Waals surface area contributed by atoms with Gasteiger partial charge < -0.3 is 14.2 Å². The number of aryl methyl sites for hydroxylation is 1. The summed E-state index contributed by atoms with van der Waals surface area (Å²) in [6.45, 7) is 0.450. The van der Waals surface area contributed by atoms with E-state index < -0.39 is 0 Å². The largest absolute Gasteiger partial charge is 0.497 e. The summed E-state index contributed by atoms with van der Waals surface area (Å²) in [4.78, 5) is 18.3. The molecule has 1 aromatic carbocycles. The van der Waals surface area contributed by atoms with E-state index in [4.69, 9.17) is 4.74 Å². The van der Waals surface area contributed by atoms with E-state index in [1.165, 1.54) is 0 Å². The van der Waals surface area contributed by atoms with Crippen LogP contribution in [0.2, 0.25) is 0 Å². The fraction of sp³-hybridized carbons (Fsp3) is 0.286. The molecular weight excluding hydrogens is 322 g/mol. The molecule has 0 unspecified atom stereocenters. The number of carbonyl (C=O) groups is 1. The van der Waals surface area contributed by atoms with Crippen molar-refractivity contribution in [3.05, 3.63) is 46.5 Å². The molecule has 0 saturated carbocycles. The van der Waals surface area contributed by atoms with E-state index in [0.29, 0.717) is 17.9 Å². The van der Waals surface area contributed by atoms with Crippen molar-refractivity contribution in [1.82, 2.24) is 14.5 Å². The van der Waals surface area contributed by atoms with Crippen molar-refractivity contribution >= 4 is 21.8 Å². The summed E-state index contributed by atoms with van der Waals surface area (Å²) in [6.07, 6.45) is 3.57. The number of nitrogens with zero attached hydrogens (tertiary/aromatic N) is 3. The lowest BCUT2D eigenvalue weighted by molar-refractivity contribution is 0.0779. The molecule has 1 heterocycles. The van der Waals surface area contributed by atoms with Crippen LogP contribution >= 0.6 is 15.9 Å². The minimum Gasteiger partial charge on any atom is -0.497 e. The van der Waals surface area contributed by atoms with Crippen LogP contribution < -0.4 is 4.74 Å². The van der Waals surface area contributed by atoms with E-state index in [2.05, 4.69) is 20.9 Å². The molecule has 0 aliphatic heterocycles. The first-order valence-electron chi connectivity index (χ1n) is 6.08. The molecule has 0 N–H and O–H groups in total. The van der Waals surface area contributed by atoms with Gasteiger partial charge in [0.15, 0.2) is 0 Å². The SMILES string of the molecule is COc1ccc(Br)c(C(=O)N(C)Cc2nccn2C)c1. The van der Waals surface area contributed by atoms with E-state index in [1.54, 1.807) is 43.5 Å². The van der Waals surface area contributed by atoms with Crippen molar-refractivity contribution in [1.29, 1.82) is 0 Å². The minimum atomic E-state index is -0.0845. The van der Waals surface area contributed by atoms with E-state index in [9.17, 15) is 4.79 Å². The first kappa shape index (κ1) is 14.6. The van der Waals surface area contributed by atoms with Crippen LogP contribution in [-0.2, 0) is 13.6 Å². The van der Waals surface area contributed by atoms with Gasteiger partial charge >= 0.3 is 0 Å². The summed E-state index contributed by atoms with van der Waals surface area (Å²) in [5, 5.41) is 0. The molecule has 1 amide bonds. The fourth-order valence-electron chi connectivity index (χ4n) is 1.83. The number of hydrogen-bond acceptors (Lipinski definition) is 3. The number of amides is 1. The Morgan fingerprint density at radius 1 is 1.50 bits per heavy atom. The summed E-state index contributed by atoms with van der Waals surface area (Å²) in [5.41, 5.74) is 0.570. The van der Waals surface area contributed by atoms with Gasteiger partial charge in [0.05, 0.1) is 19.2 Å². The van der Waals surface area contributed by atoms with Crippen molar-refractivity contribution in [3.8, 4) is 5.75 Å². The van der Waals surface area contributed by atoms with Crippen molar-refractivity contribution < 1.29 is 9.53 Å². The maximum Gasteiger partial charge on any atom is 0.255 e. The third kappa shape index (κ3) is 3.01. The van der Waals surface area contributed by atoms with E-state index in [1.807, 2.05) is 17.8 Å². The Hall–Kier alpha value is -1.82. The number of imidazole rings is 1. The first-order valence-corrected chi connectivity index (χ1v) is 6.87. The molecule has 0 spiro atoms. The highest BCUT2D eigenvalue weighted by atomic mass is 79.9. The van der Waals surface area contributed by atoms with Crippen molar-refractivity contribution in [2.75, 3.05) is 14.2 Å². The van der Waals surface area contributed by atoms with Gasteiger partial charge in [0.1, 0.15) is 11.6 Å². The smallest absolute Gasteiger partial charge is 0.255 e. The van der Waals surface area contributed by atoms with E-state index in [0.717, 1.165) is 10.3 Å². The number of methoxy groups -OCH3 is 1. The lowest BCUT2D eigenvalue weighted by Gasteiger charge is -2.18. The van der Waals surface area contributed by atoms with E-state index in [-0.39, 0.29) is 5.91 Å². The monoisotopic (exact) mass is 337 g/mol. The molecule has 1 aromatic heterocycles. The van der Waals surface area contributed by atoms with Gasteiger partial charge in [0.2, 0.25) is 0 Å². The van der Waals surface area contributed by atoms with Crippen LogP contribution in [0.3, 0.4) is 0 Å². The van der Waals surface area contributed by atoms with Crippen molar-refractivity contribution in [2.45, 2.75) is 6.54 Å². The molecule has 2 rings (SSSR count). The number of ether oxygens (including phenoxy) is 1. The molecule has 0 atom stereocenters. The Balaban J connectivity index is 2.20. The summed E-state index contributed by atoms with van der Waals surface area (Å²) in [6, 6.07) is 5.33. The van der Waals surface area contributed by atoms with Gasteiger partial charge in [-0.25, -0.2) is 4.98 Å². The summed E-state index contributed by atoms with van der Waals surface area (Å²) < 4.78 is 7.80. The lowest BCUT2D eigenvalue weighted by atomic mass is 10.2. The summed E-state index contributed by atoms with van der Waals surface area (Å²) >= 11 is 3.40. The molecule has 6 heteroatoms. The molecule has 106 valence electrons. The highest BCUT2D eigenvalue weighted by Gasteiger charge is 2.17. The number of aromatic nitrogens is 2. The third-order valence-corrected chi connectivity index (χ3v) is 3.74. The normalized spacial score (nSPS) is 10.4. The van der Waals surface area contributed by atoms with Crippen LogP contribution in [-0.4, -0.2) is 34.5 Å². The molecule has 0 radical (unpaired) electrons. The van der Waals surface area contributed by atoms with Gasteiger partial charge in [-0.2, -0.15) is 0 Å². The fourth-order valence-corrected chi connectivity index (χ4v) is 2.25. The Labute approximate surface area is 126 Å². The minimum absolute atomic E-state index is 0.0845. The lowest BCUT2D eigenvalue weighted by Crippen LogP contribution is -2.27. The zero-order valence-corrected chi connectivity index (χ0v) is 13.2. The van der Waals surface area contributed by atoms with Crippen LogP contribution in [0.4, 0.5) is 0 Å². The number of carbonyl (C=O) groups excluding carboxylic acids is 1. The summed E-state index contributed by atoms with van der Waals surface area (Å²) in [5.74, 6) is 1.40. The number of benzene rings is 1. The molecule has 0 bridgehead atoms. The zero-order valence-electron chi connectivity index (χ0n) is 11.6. The van der Waals surface area contributed by atoms with Crippen molar-refractivity contribution in [3.63, 3.8) is 0 Å². The standard InChI is InChI=1S/C14H16BrN3O2/c1-17-7-6-16-13(17)9-18(2)14(19)11-8-10(20-3)4-5-12(11)15/h4-8H,9H2,1-3H3. The molecule has 0 aliphatic rings. The Morgan fingerprint density at radius 2 is 2.25 bits per heavy atom. The zero-order chi connectivity index (χ0) is 14.7. The Morgan fingerprint density at radius 3 is 2.85 bits per heavy atom. The third-order valence-electron chi connectivity index (χ3n) is 3.05. The molecule has 0 saturated heterocycles. The molecule has 20 heavy (non-hydrogen) atoms. The van der Waals surface area contributed by atoms with Gasteiger partial charge in [-0.1, -0.05) is 0 Å². The second-order valence-corrected chi connectivity index (χ2v) is 5.32. The predicted octanol–water partition coefficient (Wildman–Crippen LogP) is 2.46. The Bertz CT molecular complexity index is 625. The quantitative estimate of drug-likeness (QED) is 0.860.